The molecule has 0 amide bonds. The fourth-order valence-corrected chi connectivity index (χ4v) is 2.96. The number of hydrogen-bond acceptors (Lipinski definition) is 3. The maximum absolute atomic E-state index is 11.9. The van der Waals surface area contributed by atoms with E-state index >= 15 is 0 Å². The molecule has 1 fully saturated rings. The SMILES string of the molecule is CN=C(NCCS(=O)(=O)NCc1ccccc1)NC1CC1C.I. The Morgan fingerprint density at radius 1 is 1.30 bits per heavy atom. The van der Waals surface area contributed by atoms with E-state index in [2.05, 4.69) is 27.3 Å². The first-order valence-corrected chi connectivity index (χ1v) is 9.14. The predicted molar refractivity (Wildman–Crippen MR) is 105 cm³/mol. The van der Waals surface area contributed by atoms with Crippen molar-refractivity contribution in [2.24, 2.45) is 10.9 Å². The summed E-state index contributed by atoms with van der Waals surface area (Å²) < 4.78 is 26.5. The summed E-state index contributed by atoms with van der Waals surface area (Å²) >= 11 is 0. The van der Waals surface area contributed by atoms with Crippen LogP contribution in [0.15, 0.2) is 35.3 Å². The van der Waals surface area contributed by atoms with Crippen molar-refractivity contribution in [2.75, 3.05) is 19.3 Å². The largest absolute Gasteiger partial charge is 0.355 e. The van der Waals surface area contributed by atoms with E-state index in [1.807, 2.05) is 30.3 Å². The Morgan fingerprint density at radius 2 is 1.96 bits per heavy atom. The lowest BCUT2D eigenvalue weighted by Crippen LogP contribution is -2.42. The van der Waals surface area contributed by atoms with Crippen LogP contribution in [0.5, 0.6) is 0 Å². The molecule has 8 heteroatoms. The smallest absolute Gasteiger partial charge is 0.213 e. The highest BCUT2D eigenvalue weighted by molar-refractivity contribution is 14.0. The van der Waals surface area contributed by atoms with E-state index in [4.69, 9.17) is 0 Å². The van der Waals surface area contributed by atoms with Gasteiger partial charge in [0.1, 0.15) is 0 Å². The molecule has 3 N–H and O–H groups in total. The van der Waals surface area contributed by atoms with Crippen LogP contribution in [0.4, 0.5) is 0 Å². The third kappa shape index (κ3) is 7.49. The van der Waals surface area contributed by atoms with Crippen molar-refractivity contribution in [1.29, 1.82) is 0 Å². The summed E-state index contributed by atoms with van der Waals surface area (Å²) in [4.78, 5) is 4.09. The highest BCUT2D eigenvalue weighted by atomic mass is 127. The van der Waals surface area contributed by atoms with E-state index < -0.39 is 10.0 Å². The van der Waals surface area contributed by atoms with Crippen molar-refractivity contribution in [3.05, 3.63) is 35.9 Å². The predicted octanol–water partition coefficient (Wildman–Crippen LogP) is 1.30. The Hall–Kier alpha value is -0.870. The zero-order valence-corrected chi connectivity index (χ0v) is 16.6. The number of nitrogens with zero attached hydrogens (tertiary/aromatic N) is 1. The monoisotopic (exact) mass is 452 g/mol. The number of halogens is 1. The van der Waals surface area contributed by atoms with Crippen LogP contribution in [0.1, 0.15) is 18.9 Å². The van der Waals surface area contributed by atoms with Gasteiger partial charge in [-0.2, -0.15) is 0 Å². The normalized spacial score (nSPS) is 20.5. The Labute approximate surface area is 155 Å². The molecular weight excluding hydrogens is 427 g/mol. The van der Waals surface area contributed by atoms with E-state index in [9.17, 15) is 8.42 Å². The summed E-state index contributed by atoms with van der Waals surface area (Å²) in [6.07, 6.45) is 1.14. The summed E-state index contributed by atoms with van der Waals surface area (Å²) in [6, 6.07) is 9.92. The second-order valence-electron chi connectivity index (χ2n) is 5.59. The quantitative estimate of drug-likeness (QED) is 0.331. The molecule has 1 aromatic carbocycles. The highest BCUT2D eigenvalue weighted by Crippen LogP contribution is 2.28. The standard InChI is InChI=1S/C15H24N4O2S.HI/c1-12-10-14(12)19-15(16-2)17-8-9-22(20,21)18-11-13-6-4-3-5-7-13;/h3-7,12,14,18H,8-11H2,1-2H3,(H2,16,17,19);1H. The number of sulfonamides is 1. The number of hydrogen-bond donors (Lipinski definition) is 3. The van der Waals surface area contributed by atoms with Gasteiger partial charge in [0.2, 0.25) is 10.0 Å². The molecule has 0 aromatic heterocycles. The number of rotatable bonds is 7. The van der Waals surface area contributed by atoms with Gasteiger partial charge in [0.25, 0.3) is 0 Å². The molecule has 0 bridgehead atoms. The van der Waals surface area contributed by atoms with E-state index in [1.54, 1.807) is 7.05 Å². The first kappa shape index (κ1) is 20.2. The van der Waals surface area contributed by atoms with Gasteiger partial charge in [-0.05, 0) is 17.9 Å². The summed E-state index contributed by atoms with van der Waals surface area (Å²) in [5.41, 5.74) is 0.944. The van der Waals surface area contributed by atoms with Crippen LogP contribution in [0, 0.1) is 5.92 Å². The summed E-state index contributed by atoms with van der Waals surface area (Å²) in [5.74, 6) is 1.34. The molecule has 23 heavy (non-hydrogen) atoms. The Bertz CT molecular complexity index is 607. The van der Waals surface area contributed by atoms with Crippen molar-refractivity contribution < 1.29 is 8.42 Å². The van der Waals surface area contributed by atoms with Crippen LogP contribution >= 0.6 is 24.0 Å². The average molecular weight is 452 g/mol. The molecule has 130 valence electrons. The van der Waals surface area contributed by atoms with Crippen LogP contribution in [-0.2, 0) is 16.6 Å². The van der Waals surface area contributed by atoms with Gasteiger partial charge in [-0.3, -0.25) is 4.99 Å². The van der Waals surface area contributed by atoms with Crippen molar-refractivity contribution >= 4 is 40.0 Å². The minimum Gasteiger partial charge on any atom is -0.355 e. The minimum atomic E-state index is -3.30. The first-order chi connectivity index (χ1) is 10.5. The molecule has 0 aliphatic heterocycles. The molecule has 6 nitrogen and oxygen atoms in total. The Morgan fingerprint density at radius 3 is 2.52 bits per heavy atom. The molecule has 1 aliphatic carbocycles. The molecule has 0 heterocycles. The van der Waals surface area contributed by atoms with E-state index in [0.717, 1.165) is 12.0 Å². The minimum absolute atomic E-state index is 0. The molecule has 2 rings (SSSR count). The Kier molecular flexibility index (Phi) is 8.27. The number of aliphatic imine (C=N–C) groups is 1. The number of guanidine groups is 1. The Balaban J connectivity index is 0.00000264. The van der Waals surface area contributed by atoms with Crippen LogP contribution in [0.3, 0.4) is 0 Å². The van der Waals surface area contributed by atoms with Crippen molar-refractivity contribution in [3.63, 3.8) is 0 Å². The maximum atomic E-state index is 11.9. The van der Waals surface area contributed by atoms with Crippen LogP contribution in [-0.4, -0.2) is 39.8 Å². The molecule has 2 atom stereocenters. The lowest BCUT2D eigenvalue weighted by atomic mass is 10.2. The molecule has 0 radical (unpaired) electrons. The number of benzene rings is 1. The van der Waals surface area contributed by atoms with Gasteiger partial charge in [0, 0.05) is 26.2 Å². The van der Waals surface area contributed by atoms with Gasteiger partial charge in [-0.1, -0.05) is 37.3 Å². The molecule has 0 spiro atoms. The van der Waals surface area contributed by atoms with Gasteiger partial charge < -0.3 is 10.6 Å². The second-order valence-corrected chi connectivity index (χ2v) is 7.51. The van der Waals surface area contributed by atoms with E-state index in [0.29, 0.717) is 31.0 Å². The fraction of sp³-hybridized carbons (Fsp3) is 0.533. The van der Waals surface area contributed by atoms with Crippen molar-refractivity contribution in [1.82, 2.24) is 15.4 Å². The van der Waals surface area contributed by atoms with Gasteiger partial charge in [-0.15, -0.1) is 24.0 Å². The van der Waals surface area contributed by atoms with Gasteiger partial charge in [-0.25, -0.2) is 13.1 Å². The third-order valence-corrected chi connectivity index (χ3v) is 4.98. The first-order valence-electron chi connectivity index (χ1n) is 7.48. The molecule has 2 unspecified atom stereocenters. The topological polar surface area (TPSA) is 82.6 Å². The van der Waals surface area contributed by atoms with Crippen LogP contribution in [0.2, 0.25) is 0 Å². The molecular formula is C15H25IN4O2S. The van der Waals surface area contributed by atoms with E-state index in [-0.39, 0.29) is 29.7 Å². The molecule has 1 saturated carbocycles. The van der Waals surface area contributed by atoms with Crippen LogP contribution < -0.4 is 15.4 Å². The third-order valence-electron chi connectivity index (χ3n) is 3.66. The summed E-state index contributed by atoms with van der Waals surface area (Å²) in [6.45, 7) is 2.81. The van der Waals surface area contributed by atoms with E-state index in [1.165, 1.54) is 0 Å². The summed E-state index contributed by atoms with van der Waals surface area (Å²) in [5, 5.41) is 6.29. The molecule has 0 saturated heterocycles. The molecule has 1 aromatic rings. The fourth-order valence-electron chi connectivity index (χ4n) is 2.06. The highest BCUT2D eigenvalue weighted by Gasteiger charge is 2.33. The molecule has 1 aliphatic rings. The van der Waals surface area contributed by atoms with Gasteiger partial charge in [0.05, 0.1) is 5.75 Å². The van der Waals surface area contributed by atoms with Crippen LogP contribution in [0.25, 0.3) is 0 Å². The van der Waals surface area contributed by atoms with Crippen molar-refractivity contribution in [2.45, 2.75) is 25.9 Å². The summed E-state index contributed by atoms with van der Waals surface area (Å²) in [7, 11) is -1.62. The van der Waals surface area contributed by atoms with Gasteiger partial charge in [0.15, 0.2) is 5.96 Å². The second kappa shape index (κ2) is 9.43. The zero-order chi connectivity index (χ0) is 16.0. The average Bonchev–Trinajstić information content (AvgIpc) is 3.20. The van der Waals surface area contributed by atoms with Gasteiger partial charge >= 0.3 is 0 Å². The lowest BCUT2D eigenvalue weighted by molar-refractivity contribution is 0.580. The number of nitrogens with one attached hydrogen (secondary N) is 3. The maximum Gasteiger partial charge on any atom is 0.213 e. The lowest BCUT2D eigenvalue weighted by Gasteiger charge is -2.12. The zero-order valence-electron chi connectivity index (χ0n) is 13.5. The van der Waals surface area contributed by atoms with Crippen molar-refractivity contribution in [3.8, 4) is 0 Å².